The third-order valence-corrected chi connectivity index (χ3v) is 7.77. The highest BCUT2D eigenvalue weighted by atomic mass is 16.3. The molecule has 0 bridgehead atoms. The highest BCUT2D eigenvalue weighted by molar-refractivity contribution is 6.10. The minimum absolute atomic E-state index is 0.0193. The van der Waals surface area contributed by atoms with Crippen LogP contribution < -0.4 is 0 Å². The number of para-hydroxylation sites is 2. The van der Waals surface area contributed by atoms with E-state index in [1.807, 2.05) is 66.7 Å². The maximum absolute atomic E-state index is 8.90. The van der Waals surface area contributed by atoms with Gasteiger partial charge in [-0.25, -0.2) is 9.97 Å². The lowest BCUT2D eigenvalue weighted by atomic mass is 9.99. The molecule has 0 N–H and O–H groups in total. The molecule has 0 saturated carbocycles. The monoisotopic (exact) mass is 573 g/mol. The molecular weight excluding hydrogens is 540 g/mol. The molecule has 0 amide bonds. The molecule has 3 heterocycles. The van der Waals surface area contributed by atoms with Crippen molar-refractivity contribution in [2.45, 2.75) is 0 Å². The Morgan fingerprint density at radius 2 is 1.18 bits per heavy atom. The largest absolute Gasteiger partial charge is 0.455 e. The van der Waals surface area contributed by atoms with Crippen molar-refractivity contribution in [3.63, 3.8) is 0 Å². The quantitative estimate of drug-likeness (QED) is 0.210. The van der Waals surface area contributed by atoms with Crippen molar-refractivity contribution in [3.8, 4) is 44.6 Å². The van der Waals surface area contributed by atoms with Crippen molar-refractivity contribution in [2.75, 3.05) is 0 Å². The van der Waals surface area contributed by atoms with E-state index in [-0.39, 0.29) is 11.1 Å². The van der Waals surface area contributed by atoms with Crippen LogP contribution in [0.3, 0.4) is 0 Å². The number of hydrogen-bond acceptors (Lipinski definition) is 4. The van der Waals surface area contributed by atoms with Crippen LogP contribution in [0.25, 0.3) is 88.6 Å². The van der Waals surface area contributed by atoms with E-state index in [2.05, 4.69) is 9.97 Å². The fraction of sp³-hybridized carbons (Fsp3) is 0. The van der Waals surface area contributed by atoms with E-state index in [1.54, 1.807) is 18.2 Å². The molecule has 206 valence electrons. The Hall–Kier alpha value is -6.00. The standard InChI is InChI=1S/C40H24N2O2/c1-2-8-25(9-3-1)26-16-18-27(19-17-26)28-20-21-36-34(23-28)38-40(44-36)37(41-24-42-38)30-11-6-10-29(22-30)31-13-7-14-33-32-12-4-5-15-35(32)43-39(31)33/h1-24H/i1D,2D,3D,8D,9D,16D,17D,18D,19D. The van der Waals surface area contributed by atoms with Crippen LogP contribution in [0.15, 0.2) is 154 Å². The highest BCUT2D eigenvalue weighted by Gasteiger charge is 2.17. The maximum Gasteiger partial charge on any atom is 0.180 e. The summed E-state index contributed by atoms with van der Waals surface area (Å²) in [4.78, 5) is 9.13. The zero-order valence-corrected chi connectivity index (χ0v) is 22.9. The minimum Gasteiger partial charge on any atom is -0.455 e. The van der Waals surface area contributed by atoms with E-state index in [0.717, 1.165) is 38.6 Å². The van der Waals surface area contributed by atoms with Crippen molar-refractivity contribution < 1.29 is 21.2 Å². The Morgan fingerprint density at radius 3 is 2.07 bits per heavy atom. The van der Waals surface area contributed by atoms with E-state index in [0.29, 0.717) is 33.3 Å². The predicted molar refractivity (Wildman–Crippen MR) is 178 cm³/mol. The molecule has 0 atom stereocenters. The molecule has 6 aromatic carbocycles. The second-order valence-corrected chi connectivity index (χ2v) is 10.3. The summed E-state index contributed by atoms with van der Waals surface area (Å²) in [6.45, 7) is 0. The van der Waals surface area contributed by atoms with Crippen LogP contribution in [-0.2, 0) is 0 Å². The molecule has 4 heteroatoms. The summed E-state index contributed by atoms with van der Waals surface area (Å²) in [5, 5.41) is 2.63. The van der Waals surface area contributed by atoms with Gasteiger partial charge in [0.1, 0.15) is 34.3 Å². The zero-order chi connectivity index (χ0) is 36.9. The molecule has 0 aliphatic rings. The predicted octanol–water partition coefficient (Wildman–Crippen LogP) is 10.9. The second kappa shape index (κ2) is 9.79. The molecule has 0 spiro atoms. The average molecular weight is 574 g/mol. The summed E-state index contributed by atoms with van der Waals surface area (Å²) in [5.74, 6) is 0. The van der Waals surface area contributed by atoms with Gasteiger partial charge in [-0.05, 0) is 52.1 Å². The highest BCUT2D eigenvalue weighted by Crippen LogP contribution is 2.39. The molecule has 44 heavy (non-hydrogen) atoms. The van der Waals surface area contributed by atoms with Gasteiger partial charge in [0.15, 0.2) is 5.58 Å². The summed E-state index contributed by atoms with van der Waals surface area (Å²) < 4.78 is 88.8. The van der Waals surface area contributed by atoms with Gasteiger partial charge in [-0.1, -0.05) is 115 Å². The molecule has 0 aliphatic heterocycles. The number of rotatable bonds is 4. The minimum atomic E-state index is -0.629. The third-order valence-electron chi connectivity index (χ3n) is 7.77. The Morgan fingerprint density at radius 1 is 0.477 bits per heavy atom. The Balaban J connectivity index is 1.17. The van der Waals surface area contributed by atoms with Gasteiger partial charge in [0.05, 0.1) is 12.3 Å². The Kier molecular flexibility index (Phi) is 3.82. The lowest BCUT2D eigenvalue weighted by Gasteiger charge is -2.06. The average Bonchev–Trinajstić information content (AvgIpc) is 3.75. The first-order valence-corrected chi connectivity index (χ1v) is 13.9. The molecule has 0 saturated heterocycles. The van der Waals surface area contributed by atoms with Crippen LogP contribution in [0.1, 0.15) is 12.3 Å². The molecule has 0 radical (unpaired) electrons. The van der Waals surface area contributed by atoms with Crippen LogP contribution in [0.4, 0.5) is 0 Å². The van der Waals surface area contributed by atoms with Crippen LogP contribution in [-0.4, -0.2) is 9.97 Å². The first-order valence-electron chi connectivity index (χ1n) is 18.4. The van der Waals surface area contributed by atoms with Gasteiger partial charge in [0, 0.05) is 27.3 Å². The summed E-state index contributed by atoms with van der Waals surface area (Å²) in [7, 11) is 0. The number of benzene rings is 6. The van der Waals surface area contributed by atoms with E-state index in [4.69, 9.17) is 21.2 Å². The molecule has 0 unspecified atom stereocenters. The second-order valence-electron chi connectivity index (χ2n) is 10.3. The van der Waals surface area contributed by atoms with E-state index >= 15 is 0 Å². The molecule has 0 fully saturated rings. The fourth-order valence-corrected chi connectivity index (χ4v) is 5.70. The third kappa shape index (κ3) is 3.92. The SMILES string of the molecule is [2H]c1c([2H])c([2H])c(-c2c([2H])c([2H])c(-c3ccc4oc5c(-c6cccc(-c7cccc8c7oc7ccccc78)c6)ncnc5c4c3)c([2H])c2[2H])c([2H])c1[2H]. The molecule has 3 aromatic heterocycles. The van der Waals surface area contributed by atoms with E-state index in [9.17, 15) is 0 Å². The van der Waals surface area contributed by atoms with Crippen LogP contribution in [0.5, 0.6) is 0 Å². The van der Waals surface area contributed by atoms with Gasteiger partial charge in [-0.15, -0.1) is 0 Å². The zero-order valence-electron chi connectivity index (χ0n) is 31.9. The summed E-state index contributed by atoms with van der Waals surface area (Å²) in [6, 6.07) is 21.9. The van der Waals surface area contributed by atoms with Crippen LogP contribution in [0.2, 0.25) is 0 Å². The number of furan rings is 2. The Bertz CT molecular complexity index is 2970. The first-order chi connectivity index (χ1) is 25.5. The van der Waals surface area contributed by atoms with Crippen molar-refractivity contribution in [2.24, 2.45) is 0 Å². The van der Waals surface area contributed by atoms with Crippen LogP contribution >= 0.6 is 0 Å². The van der Waals surface area contributed by atoms with E-state index < -0.39 is 59.9 Å². The number of hydrogen-bond donors (Lipinski definition) is 0. The lowest BCUT2D eigenvalue weighted by molar-refractivity contribution is 0.667. The first kappa shape index (κ1) is 17.2. The van der Waals surface area contributed by atoms with Gasteiger partial charge >= 0.3 is 0 Å². The number of aromatic nitrogens is 2. The topological polar surface area (TPSA) is 52.1 Å². The van der Waals surface area contributed by atoms with Crippen molar-refractivity contribution in [3.05, 3.63) is 146 Å². The molecule has 0 aliphatic carbocycles. The fourth-order valence-electron chi connectivity index (χ4n) is 5.70. The van der Waals surface area contributed by atoms with Gasteiger partial charge < -0.3 is 8.83 Å². The van der Waals surface area contributed by atoms with Crippen molar-refractivity contribution >= 4 is 44.0 Å². The smallest absolute Gasteiger partial charge is 0.180 e. The lowest BCUT2D eigenvalue weighted by Crippen LogP contribution is -1.88. The summed E-state index contributed by atoms with van der Waals surface area (Å²) >= 11 is 0. The normalized spacial score (nSPS) is 14.5. The van der Waals surface area contributed by atoms with Gasteiger partial charge in [0.25, 0.3) is 0 Å². The van der Waals surface area contributed by atoms with Crippen molar-refractivity contribution in [1.29, 1.82) is 0 Å². The van der Waals surface area contributed by atoms with Gasteiger partial charge in [0.2, 0.25) is 0 Å². The molecule has 9 aromatic rings. The molecule has 9 rings (SSSR count). The van der Waals surface area contributed by atoms with Gasteiger partial charge in [-0.3, -0.25) is 0 Å². The summed E-state index contributed by atoms with van der Waals surface area (Å²) in [6.07, 6.45) is 1.44. The van der Waals surface area contributed by atoms with Crippen LogP contribution in [0, 0.1) is 0 Å². The number of fused-ring (bicyclic) bond motifs is 6. The van der Waals surface area contributed by atoms with Crippen molar-refractivity contribution in [1.82, 2.24) is 9.97 Å². The maximum atomic E-state index is 8.90. The summed E-state index contributed by atoms with van der Waals surface area (Å²) in [5.41, 5.74) is 5.74. The Labute approximate surface area is 265 Å². The van der Waals surface area contributed by atoms with E-state index in [1.165, 1.54) is 6.33 Å². The number of nitrogens with zero attached hydrogens (tertiary/aromatic N) is 2. The van der Waals surface area contributed by atoms with Gasteiger partial charge in [-0.2, -0.15) is 0 Å². The molecular formula is C40H24N2O2. The molecule has 4 nitrogen and oxygen atoms in total.